The van der Waals surface area contributed by atoms with Crippen LogP contribution in [0, 0.1) is 11.3 Å². The molecule has 1 spiro atoms. The van der Waals surface area contributed by atoms with E-state index in [1.54, 1.807) is 0 Å². The van der Waals surface area contributed by atoms with Crippen LogP contribution in [0.25, 0.3) is 0 Å². The van der Waals surface area contributed by atoms with Crippen molar-refractivity contribution in [1.29, 1.82) is 0 Å². The van der Waals surface area contributed by atoms with Crippen LogP contribution in [0.15, 0.2) is 0 Å². The lowest BCUT2D eigenvalue weighted by Crippen LogP contribution is -2.41. The summed E-state index contributed by atoms with van der Waals surface area (Å²) in [7, 11) is 0. The van der Waals surface area contributed by atoms with Gasteiger partial charge in [-0.3, -0.25) is 9.59 Å². The molecule has 2 fully saturated rings. The predicted octanol–water partition coefficient (Wildman–Crippen LogP) is 1.61. The first-order valence-corrected chi connectivity index (χ1v) is 4.89. The second-order valence-corrected chi connectivity index (χ2v) is 4.41. The molecule has 0 aromatic carbocycles. The van der Waals surface area contributed by atoms with Crippen LogP contribution in [-0.2, 0) is 9.59 Å². The van der Waals surface area contributed by atoms with Crippen molar-refractivity contribution in [3.63, 3.8) is 0 Å². The lowest BCUT2D eigenvalue weighted by molar-refractivity contribution is -0.151. The molecule has 0 heterocycles. The van der Waals surface area contributed by atoms with Gasteiger partial charge >= 0.3 is 5.97 Å². The van der Waals surface area contributed by atoms with E-state index in [0.717, 1.165) is 19.3 Å². The minimum absolute atomic E-state index is 0.0648. The molecule has 1 atom stereocenters. The first kappa shape index (κ1) is 8.73. The molecule has 0 aliphatic heterocycles. The third-order valence-electron chi connectivity index (χ3n) is 3.64. The number of Topliss-reactive ketones (excluding diaryl/α,β-unsaturated/α-hetero) is 1. The van der Waals surface area contributed by atoms with Gasteiger partial charge in [0.25, 0.3) is 0 Å². The summed E-state index contributed by atoms with van der Waals surface area (Å²) >= 11 is 0. The molecule has 2 saturated carbocycles. The minimum Gasteiger partial charge on any atom is -0.481 e. The van der Waals surface area contributed by atoms with Crippen LogP contribution in [0.2, 0.25) is 0 Å². The van der Waals surface area contributed by atoms with Gasteiger partial charge in [-0.1, -0.05) is 6.42 Å². The van der Waals surface area contributed by atoms with E-state index in [2.05, 4.69) is 0 Å². The summed E-state index contributed by atoms with van der Waals surface area (Å²) in [6.45, 7) is 0. The van der Waals surface area contributed by atoms with Crippen molar-refractivity contribution < 1.29 is 14.7 Å². The molecule has 0 bridgehead atoms. The number of aliphatic carboxylic acids is 1. The van der Waals surface area contributed by atoms with Crippen LogP contribution in [0.1, 0.15) is 38.5 Å². The Morgan fingerprint density at radius 1 is 1.38 bits per heavy atom. The molecule has 3 heteroatoms. The van der Waals surface area contributed by atoms with Crippen molar-refractivity contribution in [2.24, 2.45) is 11.3 Å². The molecule has 13 heavy (non-hydrogen) atoms. The van der Waals surface area contributed by atoms with Crippen molar-refractivity contribution in [1.82, 2.24) is 0 Å². The third kappa shape index (κ3) is 1.36. The van der Waals surface area contributed by atoms with Crippen LogP contribution in [0.3, 0.4) is 0 Å². The van der Waals surface area contributed by atoms with Gasteiger partial charge in [0.1, 0.15) is 11.7 Å². The Labute approximate surface area is 77.1 Å². The standard InChI is InChI=1S/C10H14O3/c11-8-2-5-10(3-1-4-10)6-7(8)9(12)13/h7H,1-6H2,(H,12,13). The second-order valence-electron chi connectivity index (χ2n) is 4.41. The van der Waals surface area contributed by atoms with Crippen molar-refractivity contribution in [3.8, 4) is 0 Å². The maximum Gasteiger partial charge on any atom is 0.314 e. The highest BCUT2D eigenvalue weighted by molar-refractivity contribution is 5.98. The Morgan fingerprint density at radius 3 is 2.54 bits per heavy atom. The summed E-state index contributed by atoms with van der Waals surface area (Å²) in [5, 5.41) is 8.84. The number of rotatable bonds is 1. The molecule has 3 nitrogen and oxygen atoms in total. The summed E-state index contributed by atoms with van der Waals surface area (Å²) < 4.78 is 0. The molecule has 0 amide bonds. The average molecular weight is 182 g/mol. The molecule has 2 rings (SSSR count). The molecule has 0 aromatic rings. The molecule has 0 radical (unpaired) electrons. The minimum atomic E-state index is -0.920. The number of hydrogen-bond acceptors (Lipinski definition) is 2. The monoisotopic (exact) mass is 182 g/mol. The van der Waals surface area contributed by atoms with Gasteiger partial charge < -0.3 is 5.11 Å². The summed E-state index contributed by atoms with van der Waals surface area (Å²) in [6.07, 6.45) is 5.47. The predicted molar refractivity (Wildman–Crippen MR) is 46.3 cm³/mol. The number of hydrogen-bond donors (Lipinski definition) is 1. The maximum absolute atomic E-state index is 11.3. The molecule has 0 saturated heterocycles. The van der Waals surface area contributed by atoms with Gasteiger partial charge in [-0.15, -0.1) is 0 Å². The molecule has 1 N–H and O–H groups in total. The fourth-order valence-electron chi connectivity index (χ4n) is 2.57. The number of carbonyl (C=O) groups excluding carboxylic acids is 1. The van der Waals surface area contributed by atoms with Gasteiger partial charge in [-0.05, 0) is 31.1 Å². The van der Waals surface area contributed by atoms with Crippen LogP contribution >= 0.6 is 0 Å². The average Bonchev–Trinajstić information content (AvgIpc) is 2.02. The summed E-state index contributed by atoms with van der Waals surface area (Å²) in [5.41, 5.74) is 0.233. The van der Waals surface area contributed by atoms with Gasteiger partial charge in [0, 0.05) is 6.42 Å². The number of carbonyl (C=O) groups is 2. The Bertz CT molecular complexity index is 253. The molecule has 72 valence electrons. The highest BCUT2D eigenvalue weighted by atomic mass is 16.4. The van der Waals surface area contributed by atoms with Crippen molar-refractivity contribution in [2.45, 2.75) is 38.5 Å². The highest BCUT2D eigenvalue weighted by Gasteiger charge is 2.46. The molecule has 0 aromatic heterocycles. The fourth-order valence-corrected chi connectivity index (χ4v) is 2.57. The number of ketones is 1. The largest absolute Gasteiger partial charge is 0.481 e. The summed E-state index contributed by atoms with van der Waals surface area (Å²) in [6, 6.07) is 0. The Hall–Kier alpha value is -0.860. The zero-order valence-corrected chi connectivity index (χ0v) is 7.58. The van der Waals surface area contributed by atoms with E-state index in [9.17, 15) is 9.59 Å². The number of carboxylic acid groups (broad SMARTS) is 1. The van der Waals surface area contributed by atoms with Gasteiger partial charge in [-0.25, -0.2) is 0 Å². The SMILES string of the molecule is O=C(O)C1CC2(CCC2)CCC1=O. The highest BCUT2D eigenvalue weighted by Crippen LogP contribution is 2.52. The van der Waals surface area contributed by atoms with E-state index >= 15 is 0 Å². The van der Waals surface area contributed by atoms with E-state index in [-0.39, 0.29) is 11.2 Å². The third-order valence-corrected chi connectivity index (χ3v) is 3.64. The van der Waals surface area contributed by atoms with Crippen molar-refractivity contribution >= 4 is 11.8 Å². The van der Waals surface area contributed by atoms with E-state index < -0.39 is 11.9 Å². The van der Waals surface area contributed by atoms with Gasteiger partial charge in [-0.2, -0.15) is 0 Å². The van der Waals surface area contributed by atoms with E-state index in [1.807, 2.05) is 0 Å². The zero-order valence-electron chi connectivity index (χ0n) is 7.58. The molecule has 2 aliphatic carbocycles. The van der Waals surface area contributed by atoms with E-state index in [0.29, 0.717) is 12.8 Å². The lowest BCUT2D eigenvalue weighted by Gasteiger charge is -2.46. The fraction of sp³-hybridized carbons (Fsp3) is 0.800. The first-order chi connectivity index (χ1) is 6.13. The van der Waals surface area contributed by atoms with E-state index in [4.69, 9.17) is 5.11 Å². The van der Waals surface area contributed by atoms with Crippen molar-refractivity contribution in [3.05, 3.63) is 0 Å². The van der Waals surface area contributed by atoms with Gasteiger partial charge in [0.05, 0.1) is 0 Å². The lowest BCUT2D eigenvalue weighted by atomic mass is 9.58. The van der Waals surface area contributed by atoms with E-state index in [1.165, 1.54) is 6.42 Å². The molecule has 1 unspecified atom stereocenters. The summed E-state index contributed by atoms with van der Waals surface area (Å²) in [4.78, 5) is 22.1. The van der Waals surface area contributed by atoms with Crippen LogP contribution < -0.4 is 0 Å². The zero-order chi connectivity index (χ0) is 9.47. The molecular weight excluding hydrogens is 168 g/mol. The van der Waals surface area contributed by atoms with Crippen LogP contribution in [0.4, 0.5) is 0 Å². The Balaban J connectivity index is 2.09. The molecular formula is C10H14O3. The van der Waals surface area contributed by atoms with Gasteiger partial charge in [0.15, 0.2) is 0 Å². The topological polar surface area (TPSA) is 54.4 Å². The Morgan fingerprint density at radius 2 is 2.08 bits per heavy atom. The smallest absolute Gasteiger partial charge is 0.314 e. The Kier molecular flexibility index (Phi) is 1.90. The maximum atomic E-state index is 11.3. The van der Waals surface area contributed by atoms with Crippen LogP contribution in [-0.4, -0.2) is 16.9 Å². The number of carboxylic acids is 1. The van der Waals surface area contributed by atoms with Crippen molar-refractivity contribution in [2.75, 3.05) is 0 Å². The summed E-state index contributed by atoms with van der Waals surface area (Å²) in [5.74, 6) is -1.69. The molecule has 2 aliphatic rings. The quantitative estimate of drug-likeness (QED) is 0.627. The van der Waals surface area contributed by atoms with Gasteiger partial charge in [0.2, 0.25) is 0 Å². The normalized spacial score (nSPS) is 31.4. The van der Waals surface area contributed by atoms with Crippen LogP contribution in [0.5, 0.6) is 0 Å². The first-order valence-electron chi connectivity index (χ1n) is 4.89. The second kappa shape index (κ2) is 2.82.